The lowest BCUT2D eigenvalue weighted by atomic mass is 9.49. The fraction of sp³-hybridized carbons (Fsp3) is 0.579. The maximum Gasteiger partial charge on any atom is 0.226 e. The smallest absolute Gasteiger partial charge is 0.226 e. The van der Waals surface area contributed by atoms with Gasteiger partial charge in [0.15, 0.2) is 5.58 Å². The summed E-state index contributed by atoms with van der Waals surface area (Å²) in [6.07, 6.45) is 7.36. The largest absolute Gasteiger partial charge is 0.439 e. The highest BCUT2D eigenvalue weighted by Crippen LogP contribution is 2.60. The predicted octanol–water partition coefficient (Wildman–Crippen LogP) is 3.66. The molecule has 4 aliphatic carbocycles. The molecule has 1 N–H and O–H groups in total. The molecule has 1 heterocycles. The molecular formula is C19H22N2O2. The number of carbonyl (C=O) groups is 1. The number of aromatic nitrogens is 1. The van der Waals surface area contributed by atoms with E-state index >= 15 is 0 Å². The first-order valence-corrected chi connectivity index (χ1v) is 8.83. The summed E-state index contributed by atoms with van der Waals surface area (Å²) >= 11 is 0. The number of nitrogens with one attached hydrogen (secondary N) is 1. The maximum atomic E-state index is 12.9. The van der Waals surface area contributed by atoms with E-state index in [0.717, 1.165) is 48.1 Å². The highest BCUT2D eigenvalue weighted by atomic mass is 16.3. The Morgan fingerprint density at radius 3 is 2.43 bits per heavy atom. The molecule has 0 atom stereocenters. The van der Waals surface area contributed by atoms with Crippen molar-refractivity contribution in [3.63, 3.8) is 0 Å². The van der Waals surface area contributed by atoms with Gasteiger partial charge in [0, 0.05) is 5.41 Å². The van der Waals surface area contributed by atoms with Gasteiger partial charge in [-0.1, -0.05) is 12.1 Å². The SMILES string of the molecule is O=C(NCc1nc2ccccc2o1)C12CC3CC(CC(C3)C1)C2. The Hall–Kier alpha value is -1.84. The summed E-state index contributed by atoms with van der Waals surface area (Å²) in [6.45, 7) is 0.398. The Labute approximate surface area is 135 Å². The first kappa shape index (κ1) is 13.6. The summed E-state index contributed by atoms with van der Waals surface area (Å²) in [5.74, 6) is 3.20. The van der Waals surface area contributed by atoms with E-state index in [1.807, 2.05) is 24.3 Å². The van der Waals surface area contributed by atoms with Crippen LogP contribution in [0.1, 0.15) is 44.4 Å². The molecule has 1 amide bonds. The molecule has 23 heavy (non-hydrogen) atoms. The van der Waals surface area contributed by atoms with Crippen molar-refractivity contribution < 1.29 is 9.21 Å². The van der Waals surface area contributed by atoms with Crippen molar-refractivity contribution in [2.75, 3.05) is 0 Å². The second-order valence-electron chi connectivity index (χ2n) is 7.96. The number of amides is 1. The third-order valence-electron chi connectivity index (χ3n) is 6.26. The van der Waals surface area contributed by atoms with E-state index in [1.165, 1.54) is 19.3 Å². The fourth-order valence-corrected chi connectivity index (χ4v) is 5.73. The summed E-state index contributed by atoms with van der Waals surface area (Å²) < 4.78 is 5.71. The van der Waals surface area contributed by atoms with Gasteiger partial charge in [0.25, 0.3) is 0 Å². The van der Waals surface area contributed by atoms with Crippen molar-refractivity contribution in [2.45, 2.75) is 45.1 Å². The van der Waals surface area contributed by atoms with E-state index in [2.05, 4.69) is 10.3 Å². The van der Waals surface area contributed by atoms with Crippen LogP contribution in [-0.4, -0.2) is 10.9 Å². The molecule has 0 unspecified atom stereocenters. The van der Waals surface area contributed by atoms with Crippen LogP contribution in [0.2, 0.25) is 0 Å². The predicted molar refractivity (Wildman–Crippen MR) is 86.5 cm³/mol. The van der Waals surface area contributed by atoms with Crippen molar-refractivity contribution in [3.05, 3.63) is 30.2 Å². The molecule has 4 aliphatic rings. The zero-order valence-electron chi connectivity index (χ0n) is 13.3. The first-order valence-electron chi connectivity index (χ1n) is 8.83. The van der Waals surface area contributed by atoms with Crippen LogP contribution in [0.5, 0.6) is 0 Å². The van der Waals surface area contributed by atoms with Crippen LogP contribution in [0, 0.1) is 23.2 Å². The standard InChI is InChI=1S/C19H22N2O2/c22-18(19-8-12-5-13(9-19)7-14(6-12)10-19)20-11-17-21-15-3-1-2-4-16(15)23-17/h1-4,12-14H,5-11H2,(H,20,22). The lowest BCUT2D eigenvalue weighted by Gasteiger charge is -2.55. The summed E-state index contributed by atoms with van der Waals surface area (Å²) in [5, 5.41) is 3.12. The Kier molecular flexibility index (Phi) is 2.85. The van der Waals surface area contributed by atoms with Crippen LogP contribution < -0.4 is 5.32 Å². The van der Waals surface area contributed by atoms with Gasteiger partial charge in [0.05, 0.1) is 6.54 Å². The molecule has 4 saturated carbocycles. The molecule has 120 valence electrons. The maximum absolute atomic E-state index is 12.9. The molecule has 0 radical (unpaired) electrons. The van der Waals surface area contributed by atoms with Crippen LogP contribution in [0.3, 0.4) is 0 Å². The minimum atomic E-state index is -0.0965. The van der Waals surface area contributed by atoms with Crippen LogP contribution in [0.15, 0.2) is 28.7 Å². The average molecular weight is 310 g/mol. The summed E-state index contributed by atoms with van der Waals surface area (Å²) in [6, 6.07) is 7.73. The van der Waals surface area contributed by atoms with Crippen molar-refractivity contribution in [1.29, 1.82) is 0 Å². The average Bonchev–Trinajstić information content (AvgIpc) is 2.94. The van der Waals surface area contributed by atoms with Gasteiger partial charge in [0.1, 0.15) is 5.52 Å². The van der Waals surface area contributed by atoms with Crippen molar-refractivity contribution in [1.82, 2.24) is 10.3 Å². The van der Waals surface area contributed by atoms with Crippen molar-refractivity contribution >= 4 is 17.0 Å². The van der Waals surface area contributed by atoms with Gasteiger partial charge < -0.3 is 9.73 Å². The van der Waals surface area contributed by atoms with Gasteiger partial charge in [-0.05, 0) is 68.4 Å². The molecule has 4 fully saturated rings. The van der Waals surface area contributed by atoms with Crippen LogP contribution in [0.25, 0.3) is 11.1 Å². The van der Waals surface area contributed by atoms with Gasteiger partial charge in [-0.15, -0.1) is 0 Å². The molecule has 0 aliphatic heterocycles. The van der Waals surface area contributed by atoms with Crippen molar-refractivity contribution in [3.8, 4) is 0 Å². The number of hydrogen-bond donors (Lipinski definition) is 1. The van der Waals surface area contributed by atoms with Gasteiger partial charge >= 0.3 is 0 Å². The summed E-state index contributed by atoms with van der Waals surface area (Å²) in [7, 11) is 0. The van der Waals surface area contributed by atoms with E-state index in [9.17, 15) is 4.79 Å². The quantitative estimate of drug-likeness (QED) is 0.941. The fourth-order valence-electron chi connectivity index (χ4n) is 5.73. The molecule has 4 heteroatoms. The minimum Gasteiger partial charge on any atom is -0.439 e. The molecule has 2 aromatic rings. The van der Waals surface area contributed by atoms with Gasteiger partial charge in [-0.3, -0.25) is 4.79 Å². The highest BCUT2D eigenvalue weighted by Gasteiger charge is 2.54. The van der Waals surface area contributed by atoms with Crippen LogP contribution in [0.4, 0.5) is 0 Å². The summed E-state index contributed by atoms with van der Waals surface area (Å²) in [5.41, 5.74) is 1.54. The molecule has 4 nitrogen and oxygen atoms in total. The third kappa shape index (κ3) is 2.19. The Morgan fingerprint density at radius 2 is 1.78 bits per heavy atom. The number of carbonyl (C=O) groups excluding carboxylic acids is 1. The Balaban J connectivity index is 1.31. The zero-order valence-corrected chi connectivity index (χ0v) is 13.3. The molecule has 4 bridgehead atoms. The lowest BCUT2D eigenvalue weighted by molar-refractivity contribution is -0.146. The van der Waals surface area contributed by atoms with Gasteiger partial charge in [-0.2, -0.15) is 0 Å². The monoisotopic (exact) mass is 310 g/mol. The van der Waals surface area contributed by atoms with E-state index in [4.69, 9.17) is 4.42 Å². The molecule has 6 rings (SSSR count). The van der Waals surface area contributed by atoms with E-state index in [-0.39, 0.29) is 11.3 Å². The minimum absolute atomic E-state index is 0.0965. The Morgan fingerprint density at radius 1 is 1.13 bits per heavy atom. The number of para-hydroxylation sites is 2. The Bertz CT molecular complexity index is 695. The van der Waals surface area contributed by atoms with E-state index in [1.54, 1.807) is 0 Å². The van der Waals surface area contributed by atoms with E-state index < -0.39 is 0 Å². The number of hydrogen-bond acceptors (Lipinski definition) is 3. The number of nitrogens with zero attached hydrogens (tertiary/aromatic N) is 1. The summed E-state index contributed by atoms with van der Waals surface area (Å²) in [4.78, 5) is 17.4. The second-order valence-corrected chi connectivity index (χ2v) is 7.96. The first-order chi connectivity index (χ1) is 11.2. The van der Waals surface area contributed by atoms with Crippen LogP contribution in [-0.2, 0) is 11.3 Å². The highest BCUT2D eigenvalue weighted by molar-refractivity contribution is 5.83. The van der Waals surface area contributed by atoms with Gasteiger partial charge in [0.2, 0.25) is 11.8 Å². The zero-order chi connectivity index (χ0) is 15.4. The topological polar surface area (TPSA) is 55.1 Å². The van der Waals surface area contributed by atoms with Gasteiger partial charge in [-0.25, -0.2) is 4.98 Å². The van der Waals surface area contributed by atoms with E-state index in [0.29, 0.717) is 12.4 Å². The number of fused-ring (bicyclic) bond motifs is 1. The normalized spacial score (nSPS) is 34.9. The molecule has 1 aromatic carbocycles. The van der Waals surface area contributed by atoms with Crippen molar-refractivity contribution in [2.24, 2.45) is 23.2 Å². The molecule has 0 spiro atoms. The molecule has 1 aromatic heterocycles. The molecule has 0 saturated heterocycles. The van der Waals surface area contributed by atoms with Crippen LogP contribution >= 0.6 is 0 Å². The lowest BCUT2D eigenvalue weighted by Crippen LogP contribution is -2.53. The number of rotatable bonds is 3. The molecular weight excluding hydrogens is 288 g/mol. The second kappa shape index (κ2) is 4.83. The number of benzene rings is 1. The number of oxazole rings is 1. The third-order valence-corrected chi connectivity index (χ3v) is 6.26.